The van der Waals surface area contributed by atoms with E-state index in [1.54, 1.807) is 0 Å². The molecule has 13 rings (SSSR count). The van der Waals surface area contributed by atoms with Crippen molar-refractivity contribution in [2.45, 2.75) is 0 Å². The van der Waals surface area contributed by atoms with Crippen molar-refractivity contribution in [2.24, 2.45) is 20.0 Å². The molecule has 6 nitrogen and oxygen atoms in total. The van der Waals surface area contributed by atoms with Crippen LogP contribution in [0.3, 0.4) is 0 Å². The van der Waals surface area contributed by atoms with Crippen LogP contribution in [0.1, 0.15) is 11.1 Å². The van der Waals surface area contributed by atoms with Crippen LogP contribution in [-0.2, 0) is 0 Å². The number of fused-ring (bicyclic) bond motifs is 15. The molecule has 0 radical (unpaired) electrons. The van der Waals surface area contributed by atoms with Gasteiger partial charge in [-0.15, -0.1) is 11.5 Å². The van der Waals surface area contributed by atoms with E-state index in [-0.39, 0.29) is 0 Å². The summed E-state index contributed by atoms with van der Waals surface area (Å²) >= 11 is 7.69. The molecular formula is C44H22BClN6. The quantitative estimate of drug-likeness (QED) is 0.113. The van der Waals surface area contributed by atoms with Crippen molar-refractivity contribution in [3.8, 4) is 0 Å². The van der Waals surface area contributed by atoms with E-state index in [0.29, 0.717) is 11.7 Å². The molecule has 10 aromatic rings. The van der Waals surface area contributed by atoms with E-state index < -0.39 is 6.40 Å². The van der Waals surface area contributed by atoms with Crippen LogP contribution >= 0.6 is 11.5 Å². The number of hydrogen-bond acceptors (Lipinski definition) is 4. The zero-order chi connectivity index (χ0) is 33.8. The van der Waals surface area contributed by atoms with Gasteiger partial charge in [-0.25, -0.2) is 20.0 Å². The molecule has 0 saturated carbocycles. The van der Waals surface area contributed by atoms with Crippen LogP contribution in [0.15, 0.2) is 153 Å². The molecule has 0 saturated heterocycles. The fourth-order valence-electron chi connectivity index (χ4n) is 8.72. The Balaban J connectivity index is 1.22. The highest BCUT2D eigenvalue weighted by molar-refractivity contribution is 7.05. The van der Waals surface area contributed by atoms with E-state index in [9.17, 15) is 0 Å². The van der Waals surface area contributed by atoms with E-state index in [1.807, 2.05) is 0 Å². The van der Waals surface area contributed by atoms with Crippen LogP contribution < -0.4 is 11.0 Å². The molecule has 3 aliphatic heterocycles. The lowest BCUT2D eigenvalue weighted by Gasteiger charge is -2.18. The summed E-state index contributed by atoms with van der Waals surface area (Å²) in [6.07, 6.45) is -0.670. The first kappa shape index (κ1) is 27.2. The zero-order valence-electron chi connectivity index (χ0n) is 27.3. The molecule has 238 valence electrons. The number of amidine groups is 2. The Hall–Kier alpha value is -6.57. The molecule has 0 unspecified atom stereocenters. The highest BCUT2D eigenvalue weighted by Crippen LogP contribution is 2.43. The van der Waals surface area contributed by atoms with Gasteiger partial charge >= 0.3 is 6.40 Å². The standard InChI is InChI=1S/C44H22BClN6/c46-45-51-41-35-17-27-11-5-6-12-28(27)18-36(35)43(51)50-44-38-22-32-16-26-10-4-3-9-25(26)15-31(32)21-37(38)42(52(44)45)49-40-34-20-30-14-24-8-2-1-7-23(24)13-29(30)19-33(34)39(47-40)48-41/h1-22H. The van der Waals surface area contributed by atoms with Crippen molar-refractivity contribution in [1.29, 1.82) is 0 Å². The summed E-state index contributed by atoms with van der Waals surface area (Å²) < 4.78 is 4.12. The first-order valence-electron chi connectivity index (χ1n) is 17.4. The zero-order valence-corrected chi connectivity index (χ0v) is 28.1. The monoisotopic (exact) mass is 680 g/mol. The first-order chi connectivity index (χ1) is 25.6. The Morgan fingerprint density at radius 3 is 1.25 bits per heavy atom. The number of rotatable bonds is 0. The Labute approximate surface area is 300 Å². The van der Waals surface area contributed by atoms with Gasteiger partial charge in [0.2, 0.25) is 0 Å². The van der Waals surface area contributed by atoms with Gasteiger partial charge < -0.3 is 8.96 Å². The highest BCUT2D eigenvalue weighted by Gasteiger charge is 2.36. The van der Waals surface area contributed by atoms with Crippen molar-refractivity contribution < 1.29 is 0 Å². The largest absolute Gasteiger partial charge is 0.499 e. The molecular weight excluding hydrogens is 659 g/mol. The minimum Gasteiger partial charge on any atom is -0.319 e. The lowest BCUT2D eigenvalue weighted by molar-refractivity contribution is 0.938. The number of nitrogens with zero attached hydrogens (tertiary/aromatic N) is 6. The van der Waals surface area contributed by atoms with Crippen LogP contribution in [0.2, 0.25) is 0 Å². The average Bonchev–Trinajstić information content (AvgIpc) is 3.77. The highest BCUT2D eigenvalue weighted by atomic mass is 35.5. The van der Waals surface area contributed by atoms with Crippen molar-refractivity contribution in [1.82, 2.24) is 8.96 Å². The fraction of sp³-hybridized carbons (Fsp3) is 0. The van der Waals surface area contributed by atoms with Crippen LogP contribution in [-0.4, -0.2) is 27.0 Å². The molecule has 3 aliphatic rings. The lowest BCUT2D eigenvalue weighted by atomic mass is 9.98. The van der Waals surface area contributed by atoms with Crippen molar-refractivity contribution in [2.75, 3.05) is 0 Å². The minimum atomic E-state index is -0.670. The van der Waals surface area contributed by atoms with Crippen molar-refractivity contribution >= 4 is 117 Å². The van der Waals surface area contributed by atoms with Gasteiger partial charge in [0.05, 0.1) is 0 Å². The first-order valence-corrected chi connectivity index (χ1v) is 17.9. The van der Waals surface area contributed by atoms with Gasteiger partial charge in [0.15, 0.2) is 11.7 Å². The molecule has 0 atom stereocenters. The average molecular weight is 681 g/mol. The number of halogens is 1. The molecule has 4 bridgehead atoms. The second-order valence-corrected chi connectivity index (χ2v) is 14.5. The van der Waals surface area contributed by atoms with Crippen LogP contribution in [0.4, 0.5) is 11.6 Å². The molecule has 0 amide bonds. The van der Waals surface area contributed by atoms with Crippen molar-refractivity contribution in [3.63, 3.8) is 0 Å². The summed E-state index contributed by atoms with van der Waals surface area (Å²) in [5.41, 5.74) is 3.42. The summed E-state index contributed by atoms with van der Waals surface area (Å²) in [6, 6.07) is 47.8. The van der Waals surface area contributed by atoms with Gasteiger partial charge in [-0.05, 0) is 115 Å². The number of aromatic nitrogens is 2. The number of hydrogen-bond donors (Lipinski definition) is 0. The Morgan fingerprint density at radius 2 is 0.750 bits per heavy atom. The lowest BCUT2D eigenvalue weighted by Crippen LogP contribution is -2.44. The number of benzene rings is 8. The maximum atomic E-state index is 7.69. The molecule has 0 fully saturated rings. The maximum absolute atomic E-state index is 7.69. The normalized spacial score (nSPS) is 14.4. The van der Waals surface area contributed by atoms with E-state index in [0.717, 1.165) is 87.6 Å². The molecule has 0 N–H and O–H groups in total. The van der Waals surface area contributed by atoms with Crippen LogP contribution in [0.25, 0.3) is 75.4 Å². The van der Waals surface area contributed by atoms with Gasteiger partial charge in [-0.1, -0.05) is 72.8 Å². The fourth-order valence-corrected chi connectivity index (χ4v) is 9.09. The molecule has 0 aliphatic carbocycles. The summed E-state index contributed by atoms with van der Waals surface area (Å²) in [4.78, 5) is 21.5. The predicted molar refractivity (Wildman–Crippen MR) is 215 cm³/mol. The minimum absolute atomic E-state index is 0.619. The third kappa shape index (κ3) is 3.46. The SMILES string of the molecule is ClB1n2c3c4cc5ccccc5cc4c2N=c2c4cc5cc6ccccc6cc5cc4c(n21)=NC1=NC(=N3)c2cc3cc4ccccc4cc3cc21. The third-order valence-electron chi connectivity index (χ3n) is 11.2. The molecule has 0 spiro atoms. The Kier molecular flexibility index (Phi) is 4.92. The van der Waals surface area contributed by atoms with E-state index in [4.69, 9.17) is 31.4 Å². The molecule has 8 aromatic carbocycles. The number of aliphatic imine (C=N–C) groups is 2. The second-order valence-electron chi connectivity index (χ2n) is 14.1. The molecule has 52 heavy (non-hydrogen) atoms. The smallest absolute Gasteiger partial charge is 0.319 e. The summed E-state index contributed by atoms with van der Waals surface area (Å²) in [7, 11) is 0. The summed E-state index contributed by atoms with van der Waals surface area (Å²) in [5, 5.41) is 15.6. The van der Waals surface area contributed by atoms with E-state index in [2.05, 4.69) is 142 Å². The molecule has 2 aromatic heterocycles. The van der Waals surface area contributed by atoms with E-state index >= 15 is 0 Å². The van der Waals surface area contributed by atoms with Gasteiger partial charge in [0.25, 0.3) is 0 Å². The molecule has 5 heterocycles. The maximum Gasteiger partial charge on any atom is 0.499 e. The van der Waals surface area contributed by atoms with E-state index in [1.165, 1.54) is 21.5 Å². The van der Waals surface area contributed by atoms with Gasteiger partial charge in [0, 0.05) is 32.7 Å². The Morgan fingerprint density at radius 1 is 0.365 bits per heavy atom. The molecule has 8 heteroatoms. The van der Waals surface area contributed by atoms with Gasteiger partial charge in [0.1, 0.15) is 22.6 Å². The topological polar surface area (TPSA) is 59.3 Å². The Bertz CT molecular complexity index is 3560. The van der Waals surface area contributed by atoms with Crippen molar-refractivity contribution in [3.05, 3.63) is 156 Å². The summed E-state index contributed by atoms with van der Waals surface area (Å²) in [5.74, 6) is 2.76. The second kappa shape index (κ2) is 9.40. The predicted octanol–water partition coefficient (Wildman–Crippen LogP) is 9.72. The third-order valence-corrected chi connectivity index (χ3v) is 11.6. The van der Waals surface area contributed by atoms with Gasteiger partial charge in [-0.3, -0.25) is 0 Å². The summed E-state index contributed by atoms with van der Waals surface area (Å²) in [6.45, 7) is 0. The van der Waals surface area contributed by atoms with Crippen LogP contribution in [0.5, 0.6) is 0 Å². The van der Waals surface area contributed by atoms with Crippen LogP contribution in [0, 0.1) is 0 Å². The van der Waals surface area contributed by atoms with Gasteiger partial charge in [-0.2, -0.15) is 0 Å².